The number of alkyl halides is 3. The fourth-order valence-corrected chi connectivity index (χ4v) is 3.28. The molecule has 13 heteroatoms. The Labute approximate surface area is 189 Å². The molecule has 0 saturated carbocycles. The fourth-order valence-electron chi connectivity index (χ4n) is 3.28. The number of halogens is 4. The molecular weight excluding hydrogens is 462 g/mol. The Balaban J connectivity index is 1.58. The molecule has 0 aliphatic carbocycles. The zero-order valence-electron chi connectivity index (χ0n) is 17.3. The summed E-state index contributed by atoms with van der Waals surface area (Å²) in [6, 6.07) is 7.69. The molecule has 0 unspecified atom stereocenters. The van der Waals surface area contributed by atoms with E-state index in [-0.39, 0.29) is 23.2 Å². The Hall–Kier alpha value is -4.42. The van der Waals surface area contributed by atoms with Crippen LogP contribution in [-0.2, 0) is 4.79 Å². The van der Waals surface area contributed by atoms with Crippen molar-refractivity contribution >= 4 is 29.3 Å². The molecule has 34 heavy (non-hydrogen) atoms. The van der Waals surface area contributed by atoms with Crippen LogP contribution in [0.2, 0.25) is 0 Å². The van der Waals surface area contributed by atoms with Crippen LogP contribution in [0.3, 0.4) is 0 Å². The van der Waals surface area contributed by atoms with Crippen molar-refractivity contribution in [1.29, 1.82) is 0 Å². The van der Waals surface area contributed by atoms with Crippen molar-refractivity contribution in [1.82, 2.24) is 9.97 Å². The maximum atomic E-state index is 13.7. The molecule has 1 aromatic heterocycles. The second-order valence-corrected chi connectivity index (χ2v) is 7.06. The summed E-state index contributed by atoms with van der Waals surface area (Å²) in [5, 5.41) is 0. The van der Waals surface area contributed by atoms with Gasteiger partial charge in [0.2, 0.25) is 11.8 Å². The molecule has 3 aromatic rings. The molecule has 9 nitrogen and oxygen atoms in total. The third kappa shape index (κ3) is 4.67. The number of hydrogen-bond donors (Lipinski definition) is 1. The van der Waals surface area contributed by atoms with Gasteiger partial charge in [-0.25, -0.2) is 19.1 Å². The van der Waals surface area contributed by atoms with Crippen LogP contribution in [0.5, 0.6) is 17.4 Å². The molecule has 2 N–H and O–H groups in total. The number of urea groups is 1. The summed E-state index contributed by atoms with van der Waals surface area (Å²) in [6.45, 7) is 1.17. The normalized spacial score (nSPS) is 14.0. The third-order valence-electron chi connectivity index (χ3n) is 4.70. The smallest absolute Gasteiger partial charge is 0.439 e. The Morgan fingerprint density at radius 3 is 2.53 bits per heavy atom. The Kier molecular flexibility index (Phi) is 5.69. The largest absolute Gasteiger partial charge is 0.573 e. The summed E-state index contributed by atoms with van der Waals surface area (Å²) in [4.78, 5) is 35.1. The van der Waals surface area contributed by atoms with Gasteiger partial charge in [0.05, 0.1) is 5.69 Å². The van der Waals surface area contributed by atoms with E-state index in [4.69, 9.17) is 10.5 Å². The van der Waals surface area contributed by atoms with Gasteiger partial charge < -0.3 is 15.2 Å². The summed E-state index contributed by atoms with van der Waals surface area (Å²) in [7, 11) is 0. The Morgan fingerprint density at radius 2 is 1.85 bits per heavy atom. The van der Waals surface area contributed by atoms with E-state index in [0.717, 1.165) is 15.9 Å². The van der Waals surface area contributed by atoms with Crippen LogP contribution >= 0.6 is 0 Å². The number of imide groups is 1. The van der Waals surface area contributed by atoms with Gasteiger partial charge in [-0.1, -0.05) is 0 Å². The lowest BCUT2D eigenvalue weighted by Gasteiger charge is -2.20. The first kappa shape index (κ1) is 22.8. The quantitative estimate of drug-likeness (QED) is 0.434. The molecule has 0 spiro atoms. The van der Waals surface area contributed by atoms with Crippen LogP contribution < -0.4 is 25.0 Å². The fraction of sp³-hybridized carbons (Fsp3) is 0.143. The lowest BCUT2D eigenvalue weighted by molar-refractivity contribution is -0.275. The van der Waals surface area contributed by atoms with Crippen molar-refractivity contribution in [3.05, 3.63) is 60.0 Å². The number of ether oxygens (including phenoxy) is 2. The summed E-state index contributed by atoms with van der Waals surface area (Å²) in [6.07, 6.45) is -3.72. The number of rotatable bonds is 5. The molecule has 176 valence electrons. The van der Waals surface area contributed by atoms with E-state index >= 15 is 0 Å². The van der Waals surface area contributed by atoms with Crippen molar-refractivity contribution in [2.24, 2.45) is 0 Å². The molecule has 3 amide bonds. The molecule has 2 aromatic carbocycles. The Bertz CT molecular complexity index is 1280. The van der Waals surface area contributed by atoms with Gasteiger partial charge >= 0.3 is 12.4 Å². The number of carbonyl (C=O) groups is 2. The number of carbonyl (C=O) groups excluding carboxylic acids is 2. The zero-order chi connectivity index (χ0) is 24.6. The van der Waals surface area contributed by atoms with Crippen molar-refractivity contribution in [3.63, 3.8) is 0 Å². The van der Waals surface area contributed by atoms with Crippen LogP contribution in [0.4, 0.5) is 39.7 Å². The number of nitrogens with zero attached hydrogens (tertiary/aromatic N) is 4. The zero-order valence-corrected chi connectivity index (χ0v) is 17.3. The van der Waals surface area contributed by atoms with E-state index < -0.39 is 36.4 Å². The highest BCUT2D eigenvalue weighted by Crippen LogP contribution is 2.34. The highest BCUT2D eigenvalue weighted by Gasteiger charge is 2.39. The third-order valence-corrected chi connectivity index (χ3v) is 4.70. The van der Waals surface area contributed by atoms with Gasteiger partial charge in [-0.15, -0.1) is 13.2 Å². The molecule has 0 bridgehead atoms. The summed E-state index contributed by atoms with van der Waals surface area (Å²) < 4.78 is 60.6. The maximum absolute atomic E-state index is 13.7. The minimum absolute atomic E-state index is 0.0174. The highest BCUT2D eigenvalue weighted by atomic mass is 19.4. The second-order valence-electron chi connectivity index (χ2n) is 7.06. The second kappa shape index (κ2) is 8.50. The van der Waals surface area contributed by atoms with Crippen LogP contribution in [0.15, 0.2) is 48.7 Å². The van der Waals surface area contributed by atoms with Crippen LogP contribution in [0.1, 0.15) is 5.56 Å². The molecule has 0 radical (unpaired) electrons. The predicted molar refractivity (Wildman–Crippen MR) is 111 cm³/mol. The van der Waals surface area contributed by atoms with Gasteiger partial charge in [0.15, 0.2) is 11.6 Å². The standard InChI is InChI=1S/C21H15F4N5O4/c1-11-8-13(33-17-6-7-27-19(26)28-17)3-5-15(11)30-18(31)10-29(20(30)32)12-2-4-14(22)16(9-12)34-21(23,24)25/h2-9H,10H2,1H3,(H2,26,27,28). The van der Waals surface area contributed by atoms with E-state index in [0.29, 0.717) is 23.4 Å². The SMILES string of the molecule is Cc1cc(Oc2ccnc(N)n2)ccc1N1C(=O)CN(c2ccc(F)c(OC(F)(F)F)c2)C1=O. The average Bonchev–Trinajstić information content (AvgIpc) is 3.03. The summed E-state index contributed by atoms with van der Waals surface area (Å²) in [5.74, 6) is -2.47. The molecule has 1 aliphatic rings. The number of nitrogens with two attached hydrogens (primary N) is 1. The summed E-state index contributed by atoms with van der Waals surface area (Å²) in [5.41, 5.74) is 6.10. The number of benzene rings is 2. The van der Waals surface area contributed by atoms with Crippen molar-refractivity contribution in [2.45, 2.75) is 13.3 Å². The van der Waals surface area contributed by atoms with E-state index in [9.17, 15) is 27.2 Å². The van der Waals surface area contributed by atoms with E-state index in [1.54, 1.807) is 13.0 Å². The predicted octanol–water partition coefficient (Wildman–Crippen LogP) is 4.17. The molecule has 1 aliphatic heterocycles. The first-order chi connectivity index (χ1) is 16.0. The van der Waals surface area contributed by atoms with Crippen LogP contribution in [-0.4, -0.2) is 34.8 Å². The van der Waals surface area contributed by atoms with Gasteiger partial charge in [-0.2, -0.15) is 4.98 Å². The van der Waals surface area contributed by atoms with E-state index in [1.807, 2.05) is 0 Å². The first-order valence-corrected chi connectivity index (χ1v) is 9.58. The summed E-state index contributed by atoms with van der Waals surface area (Å²) >= 11 is 0. The van der Waals surface area contributed by atoms with Crippen molar-refractivity contribution in [3.8, 4) is 17.4 Å². The molecule has 2 heterocycles. The molecule has 1 saturated heterocycles. The molecular formula is C21H15F4N5O4. The van der Waals surface area contributed by atoms with E-state index in [1.165, 1.54) is 24.4 Å². The number of aryl methyl sites for hydroxylation is 1. The van der Waals surface area contributed by atoms with Gasteiger partial charge in [0, 0.05) is 24.0 Å². The first-order valence-electron chi connectivity index (χ1n) is 9.58. The van der Waals surface area contributed by atoms with Gasteiger partial charge in [0.25, 0.3) is 5.91 Å². The van der Waals surface area contributed by atoms with Crippen molar-refractivity contribution in [2.75, 3.05) is 22.1 Å². The number of nitrogen functional groups attached to an aromatic ring is 1. The van der Waals surface area contributed by atoms with Crippen LogP contribution in [0.25, 0.3) is 0 Å². The van der Waals surface area contributed by atoms with Gasteiger partial charge in [-0.3, -0.25) is 9.69 Å². The Morgan fingerprint density at radius 1 is 1.09 bits per heavy atom. The number of aromatic nitrogens is 2. The lowest BCUT2D eigenvalue weighted by atomic mass is 10.1. The average molecular weight is 477 g/mol. The maximum Gasteiger partial charge on any atom is 0.573 e. The molecule has 0 atom stereocenters. The highest BCUT2D eigenvalue weighted by molar-refractivity contribution is 6.27. The topological polar surface area (TPSA) is 111 Å². The van der Waals surface area contributed by atoms with Crippen LogP contribution in [0, 0.1) is 12.7 Å². The molecule has 1 fully saturated rings. The minimum Gasteiger partial charge on any atom is -0.439 e. The van der Waals surface area contributed by atoms with Crippen molar-refractivity contribution < 1.29 is 36.6 Å². The number of anilines is 3. The minimum atomic E-state index is -5.13. The molecule has 4 rings (SSSR count). The van der Waals surface area contributed by atoms with Gasteiger partial charge in [0.1, 0.15) is 12.3 Å². The number of amides is 3. The monoisotopic (exact) mass is 477 g/mol. The lowest BCUT2D eigenvalue weighted by Crippen LogP contribution is -2.33. The van der Waals surface area contributed by atoms with E-state index in [2.05, 4.69) is 14.7 Å². The van der Waals surface area contributed by atoms with Gasteiger partial charge in [-0.05, 0) is 42.8 Å². The number of hydrogen-bond acceptors (Lipinski definition) is 7.